The first-order chi connectivity index (χ1) is 7.81. The van der Waals surface area contributed by atoms with Crippen LogP contribution in [0, 0.1) is 0 Å². The van der Waals surface area contributed by atoms with E-state index in [1.165, 1.54) is 17.5 Å². The number of rotatable bonds is 2. The van der Waals surface area contributed by atoms with Crippen LogP contribution in [0.25, 0.3) is 0 Å². The van der Waals surface area contributed by atoms with E-state index in [1.807, 2.05) is 0 Å². The zero-order valence-corrected chi connectivity index (χ0v) is 9.56. The zero-order chi connectivity index (χ0) is 11.0. The molecule has 0 heterocycles. The molecule has 80 valence electrons. The lowest BCUT2D eigenvalue weighted by Gasteiger charge is -2.11. The first kappa shape index (κ1) is 9.65. The summed E-state index contributed by atoms with van der Waals surface area (Å²) in [7, 11) is 0. The third-order valence-corrected chi connectivity index (χ3v) is 3.87. The summed E-state index contributed by atoms with van der Waals surface area (Å²) < 4.78 is 0. The Balaban J connectivity index is 1.90. The smallest absolute Gasteiger partial charge is 0.0000207 e. The molecule has 0 nitrogen and oxygen atoms in total. The van der Waals surface area contributed by atoms with Gasteiger partial charge in [0.1, 0.15) is 0 Å². The average Bonchev–Trinajstić information content (AvgIpc) is 3.06. The molecule has 0 bridgehead atoms. The van der Waals surface area contributed by atoms with Crippen LogP contribution in [0.3, 0.4) is 0 Å². The molecular weight excluding hydrogens is 192 g/mol. The predicted octanol–water partition coefficient (Wildman–Crippen LogP) is 4.13. The van der Waals surface area contributed by atoms with E-state index in [0.29, 0.717) is 11.3 Å². The van der Waals surface area contributed by atoms with E-state index in [2.05, 4.69) is 67.6 Å². The Morgan fingerprint density at radius 2 is 1.44 bits per heavy atom. The Labute approximate surface area is 96.9 Å². The zero-order valence-electron chi connectivity index (χ0n) is 9.56. The summed E-state index contributed by atoms with van der Waals surface area (Å²) in [6, 6.07) is 21.7. The second-order valence-corrected chi connectivity index (χ2v) is 4.95. The van der Waals surface area contributed by atoms with Crippen LogP contribution >= 0.6 is 0 Å². The maximum absolute atomic E-state index is 2.38. The topological polar surface area (TPSA) is 0 Å². The van der Waals surface area contributed by atoms with Gasteiger partial charge in [-0.15, -0.1) is 0 Å². The van der Waals surface area contributed by atoms with Gasteiger partial charge in [-0.1, -0.05) is 67.6 Å². The Kier molecular flexibility index (Phi) is 2.10. The molecule has 1 fully saturated rings. The predicted molar refractivity (Wildman–Crippen MR) is 67.6 cm³/mol. The van der Waals surface area contributed by atoms with Crippen molar-refractivity contribution in [1.82, 2.24) is 0 Å². The molecule has 2 aromatic carbocycles. The van der Waals surface area contributed by atoms with Gasteiger partial charge in [-0.3, -0.25) is 0 Å². The fourth-order valence-electron chi connectivity index (χ4n) is 2.67. The van der Waals surface area contributed by atoms with Gasteiger partial charge in [0.2, 0.25) is 0 Å². The van der Waals surface area contributed by atoms with Gasteiger partial charge in [-0.2, -0.15) is 0 Å². The lowest BCUT2D eigenvalue weighted by atomic mass is 9.93. The maximum Gasteiger partial charge on any atom is -0.0000207 e. The monoisotopic (exact) mass is 208 g/mol. The summed E-state index contributed by atoms with van der Waals surface area (Å²) in [6.07, 6.45) is 1.28. The molecule has 0 heteroatoms. The molecule has 0 spiro atoms. The van der Waals surface area contributed by atoms with E-state index < -0.39 is 0 Å². The van der Waals surface area contributed by atoms with Gasteiger partial charge < -0.3 is 0 Å². The van der Waals surface area contributed by atoms with Crippen molar-refractivity contribution in [2.24, 2.45) is 0 Å². The number of benzene rings is 2. The summed E-state index contributed by atoms with van der Waals surface area (Å²) in [5.41, 5.74) is 3.32. The van der Waals surface area contributed by atoms with Crippen LogP contribution in [0.2, 0.25) is 0 Å². The summed E-state index contributed by atoms with van der Waals surface area (Å²) in [5.74, 6) is 0.705. The molecule has 3 rings (SSSR count). The van der Waals surface area contributed by atoms with Crippen LogP contribution in [0.4, 0.5) is 0 Å². The van der Waals surface area contributed by atoms with Gasteiger partial charge in [-0.25, -0.2) is 0 Å². The quantitative estimate of drug-likeness (QED) is 0.696. The number of hydrogen-bond donors (Lipinski definition) is 0. The Bertz CT molecular complexity index is 472. The van der Waals surface area contributed by atoms with Crippen LogP contribution in [0.15, 0.2) is 60.7 Å². The molecular formula is C16H16. The summed E-state index contributed by atoms with van der Waals surface area (Å²) in [5, 5.41) is 0. The summed E-state index contributed by atoms with van der Waals surface area (Å²) in [4.78, 5) is 0. The van der Waals surface area contributed by atoms with Crippen LogP contribution in [-0.4, -0.2) is 0 Å². The van der Waals surface area contributed by atoms with Crippen molar-refractivity contribution in [2.45, 2.75) is 24.7 Å². The van der Waals surface area contributed by atoms with Crippen molar-refractivity contribution < 1.29 is 0 Å². The van der Waals surface area contributed by atoms with Crippen LogP contribution in [-0.2, 0) is 5.41 Å². The fourth-order valence-corrected chi connectivity index (χ4v) is 2.67. The lowest BCUT2D eigenvalue weighted by Crippen LogP contribution is -2.03. The second kappa shape index (κ2) is 3.48. The molecule has 16 heavy (non-hydrogen) atoms. The molecule has 1 aliphatic carbocycles. The van der Waals surface area contributed by atoms with Crippen LogP contribution < -0.4 is 0 Å². The highest BCUT2D eigenvalue weighted by atomic mass is 14.5. The van der Waals surface area contributed by atoms with Crippen molar-refractivity contribution >= 4 is 0 Å². The van der Waals surface area contributed by atoms with Gasteiger partial charge in [0, 0.05) is 0 Å². The van der Waals surface area contributed by atoms with Gasteiger partial charge in [0.25, 0.3) is 0 Å². The Hall–Kier alpha value is -1.56. The van der Waals surface area contributed by atoms with Gasteiger partial charge in [0.05, 0.1) is 0 Å². The highest BCUT2D eigenvalue weighted by Crippen LogP contribution is 2.59. The third kappa shape index (κ3) is 1.46. The van der Waals surface area contributed by atoms with Crippen molar-refractivity contribution in [3.8, 4) is 0 Å². The molecule has 0 radical (unpaired) electrons. The third-order valence-electron chi connectivity index (χ3n) is 3.87. The van der Waals surface area contributed by atoms with Crippen LogP contribution in [0.1, 0.15) is 30.4 Å². The van der Waals surface area contributed by atoms with Gasteiger partial charge >= 0.3 is 0 Å². The minimum Gasteiger partial charge on any atom is -0.0622 e. The lowest BCUT2D eigenvalue weighted by molar-refractivity contribution is 0.749. The van der Waals surface area contributed by atoms with Crippen molar-refractivity contribution in [3.63, 3.8) is 0 Å². The van der Waals surface area contributed by atoms with Gasteiger partial charge in [0.15, 0.2) is 0 Å². The molecule has 0 saturated heterocycles. The first-order valence-corrected chi connectivity index (χ1v) is 5.91. The van der Waals surface area contributed by atoms with E-state index in [-0.39, 0.29) is 0 Å². The molecule has 0 N–H and O–H groups in total. The number of hydrogen-bond acceptors (Lipinski definition) is 0. The normalized spacial score (nSPS) is 27.7. The fraction of sp³-hybridized carbons (Fsp3) is 0.250. The second-order valence-electron chi connectivity index (χ2n) is 4.95. The molecule has 0 amide bonds. The van der Waals surface area contributed by atoms with E-state index >= 15 is 0 Å². The molecule has 0 aliphatic heterocycles. The van der Waals surface area contributed by atoms with Crippen LogP contribution in [0.5, 0.6) is 0 Å². The average molecular weight is 208 g/mol. The minimum atomic E-state index is 0.364. The van der Waals surface area contributed by atoms with E-state index in [0.717, 1.165) is 0 Å². The van der Waals surface area contributed by atoms with Gasteiger partial charge in [-0.05, 0) is 28.9 Å². The minimum absolute atomic E-state index is 0.364. The molecule has 2 unspecified atom stereocenters. The molecule has 0 aromatic heterocycles. The molecule has 2 aromatic rings. The molecule has 2 atom stereocenters. The first-order valence-electron chi connectivity index (χ1n) is 5.91. The molecule has 1 aliphatic rings. The highest BCUT2D eigenvalue weighted by molar-refractivity contribution is 5.41. The van der Waals surface area contributed by atoms with E-state index in [9.17, 15) is 0 Å². The van der Waals surface area contributed by atoms with Crippen molar-refractivity contribution in [3.05, 3.63) is 71.8 Å². The SMILES string of the molecule is CC1(c2ccccc2)CC1c1ccccc1. The van der Waals surface area contributed by atoms with Crippen molar-refractivity contribution in [2.75, 3.05) is 0 Å². The standard InChI is InChI=1S/C16H16/c1-16(14-10-6-3-7-11-14)12-15(16)13-8-4-2-5-9-13/h2-11,15H,12H2,1H3. The highest BCUT2D eigenvalue weighted by Gasteiger charge is 2.51. The summed E-state index contributed by atoms with van der Waals surface area (Å²) in [6.45, 7) is 2.38. The molecule has 1 saturated carbocycles. The Morgan fingerprint density at radius 1 is 0.875 bits per heavy atom. The van der Waals surface area contributed by atoms with Crippen molar-refractivity contribution in [1.29, 1.82) is 0 Å². The summed E-state index contributed by atoms with van der Waals surface area (Å²) >= 11 is 0. The Morgan fingerprint density at radius 3 is 2.06 bits per heavy atom. The largest absolute Gasteiger partial charge is 0.0622 e. The van der Waals surface area contributed by atoms with E-state index in [1.54, 1.807) is 0 Å². The van der Waals surface area contributed by atoms with E-state index in [4.69, 9.17) is 0 Å². The maximum atomic E-state index is 2.38.